The topological polar surface area (TPSA) is 23.1 Å². The molecule has 0 aliphatic rings. The molecule has 0 unspecified atom stereocenters. The second kappa shape index (κ2) is 7.90. The van der Waals surface area contributed by atoms with Crippen LogP contribution in [-0.2, 0) is 10.8 Å². The Morgan fingerprint density at radius 2 is 0.786 bits per heavy atom. The van der Waals surface area contributed by atoms with Gasteiger partial charge in [0.2, 0.25) is 0 Å². The van der Waals surface area contributed by atoms with Crippen molar-refractivity contribution in [2.75, 3.05) is 0 Å². The van der Waals surface area contributed by atoms with E-state index in [9.17, 15) is 5.11 Å². The summed E-state index contributed by atoms with van der Waals surface area (Å²) >= 11 is -1.84. The van der Waals surface area contributed by atoms with Crippen LogP contribution in [0.5, 0.6) is 5.75 Å². The van der Waals surface area contributed by atoms with Crippen molar-refractivity contribution in [2.24, 2.45) is 0 Å². The molecule has 0 bridgehead atoms. The second-order valence-electron chi connectivity index (χ2n) is 9.25. The zero-order chi connectivity index (χ0) is 20.5. The van der Waals surface area contributed by atoms with Crippen molar-refractivity contribution in [2.45, 2.75) is 52.4 Å². The van der Waals surface area contributed by atoms with Gasteiger partial charge in [-0.2, -0.15) is 0 Å². The number of hydrogen-bond donors (Lipinski definition) is 0. The van der Waals surface area contributed by atoms with Crippen LogP contribution in [0.2, 0.25) is 0 Å². The van der Waals surface area contributed by atoms with E-state index in [-0.39, 0.29) is 16.6 Å². The maximum Gasteiger partial charge on any atom is 0.173 e. The highest BCUT2D eigenvalue weighted by Gasteiger charge is 2.31. The Labute approximate surface area is 177 Å². The summed E-state index contributed by atoms with van der Waals surface area (Å²) in [4.78, 5) is 0. The normalized spacial score (nSPS) is 12.4. The first kappa shape index (κ1) is 20.9. The maximum atomic E-state index is 11.6. The van der Waals surface area contributed by atoms with Crippen LogP contribution < -0.4 is 24.9 Å². The Hall–Kier alpha value is -1.81. The van der Waals surface area contributed by atoms with E-state index in [0.717, 1.165) is 0 Å². The lowest BCUT2D eigenvalue weighted by Gasteiger charge is -2.20. The fourth-order valence-electron chi connectivity index (χ4n) is 3.09. The summed E-state index contributed by atoms with van der Waals surface area (Å²) in [7, 11) is 0. The fraction of sp³-hybridized carbons (Fsp3) is 0.308. The minimum Gasteiger partial charge on any atom is -0.872 e. The Morgan fingerprint density at radius 1 is 0.500 bits per heavy atom. The van der Waals surface area contributed by atoms with E-state index in [1.54, 1.807) is 12.1 Å². The van der Waals surface area contributed by atoms with Crippen LogP contribution in [0.3, 0.4) is 0 Å². The smallest absolute Gasteiger partial charge is 0.173 e. The Balaban J connectivity index is 2.06. The van der Waals surface area contributed by atoms with Crippen molar-refractivity contribution in [3.05, 3.63) is 94.6 Å². The molecule has 0 amide bonds. The highest BCUT2D eigenvalue weighted by atomic mass is 127. The summed E-state index contributed by atoms with van der Waals surface area (Å²) < 4.78 is 4.11. The zero-order valence-corrected chi connectivity index (χ0v) is 19.9. The van der Waals surface area contributed by atoms with Gasteiger partial charge in [-0.15, -0.1) is 5.75 Å². The summed E-state index contributed by atoms with van der Waals surface area (Å²) in [6.45, 7) is 13.5. The molecule has 1 nitrogen and oxygen atoms in total. The summed E-state index contributed by atoms with van der Waals surface area (Å²) in [6.07, 6.45) is 0. The first-order valence-electron chi connectivity index (χ1n) is 9.74. The van der Waals surface area contributed by atoms with Gasteiger partial charge in [0.25, 0.3) is 0 Å². The number of hydrogen-bond acceptors (Lipinski definition) is 1. The van der Waals surface area contributed by atoms with Gasteiger partial charge in [0.15, 0.2) is 30.5 Å². The lowest BCUT2D eigenvalue weighted by atomic mass is 9.87. The summed E-state index contributed by atoms with van der Waals surface area (Å²) in [5.41, 5.74) is 3.00. The Kier molecular flexibility index (Phi) is 5.90. The molecule has 0 aliphatic carbocycles. The monoisotopic (exact) mass is 485 g/mol. The molecule has 0 saturated heterocycles. The van der Waals surface area contributed by atoms with E-state index in [2.05, 4.69) is 90.1 Å². The van der Waals surface area contributed by atoms with E-state index in [1.165, 1.54) is 21.8 Å². The van der Waals surface area contributed by atoms with Gasteiger partial charge in [-0.25, -0.2) is 0 Å². The van der Waals surface area contributed by atoms with Gasteiger partial charge in [-0.3, -0.25) is 0 Å². The molecule has 28 heavy (non-hydrogen) atoms. The lowest BCUT2D eigenvalue weighted by Crippen LogP contribution is -3.85. The predicted molar refractivity (Wildman–Crippen MR) is 112 cm³/mol. The molecule has 0 spiro atoms. The molecule has 3 aromatic rings. The van der Waals surface area contributed by atoms with Crippen molar-refractivity contribution in [1.29, 1.82) is 0 Å². The minimum atomic E-state index is -1.84. The number of rotatable bonds is 3. The van der Waals surface area contributed by atoms with Crippen LogP contribution in [0.15, 0.2) is 72.8 Å². The Bertz CT molecular complexity index is 851. The molecule has 0 heterocycles. The predicted octanol–water partition coefficient (Wildman–Crippen LogP) is 2.89. The molecule has 2 heteroatoms. The number of halogens is 1. The third-order valence-corrected chi connectivity index (χ3v) is 10.8. The third-order valence-electron chi connectivity index (χ3n) is 4.89. The molecule has 3 aromatic carbocycles. The van der Waals surface area contributed by atoms with E-state index < -0.39 is 19.8 Å². The molecule has 0 N–H and O–H groups in total. The summed E-state index contributed by atoms with van der Waals surface area (Å²) in [6, 6.07) is 25.7. The average molecular weight is 485 g/mol. The number of benzene rings is 3. The van der Waals surface area contributed by atoms with Crippen LogP contribution >= 0.6 is 0 Å². The van der Waals surface area contributed by atoms with Crippen molar-refractivity contribution in [1.82, 2.24) is 0 Å². The van der Waals surface area contributed by atoms with Crippen LogP contribution in [-0.4, -0.2) is 0 Å². The van der Waals surface area contributed by atoms with Gasteiger partial charge in [0.05, 0.1) is 0 Å². The van der Waals surface area contributed by atoms with E-state index in [1.807, 2.05) is 12.1 Å². The Morgan fingerprint density at radius 3 is 1.07 bits per heavy atom. The fourth-order valence-corrected chi connectivity index (χ4v) is 8.48. The lowest BCUT2D eigenvalue weighted by molar-refractivity contribution is -0.832. The second-order valence-corrected chi connectivity index (χ2v) is 14.6. The molecule has 0 aliphatic heterocycles. The molecule has 0 fully saturated rings. The van der Waals surface area contributed by atoms with Crippen molar-refractivity contribution < 1.29 is 24.9 Å². The maximum absolute atomic E-state index is 11.6. The quantitative estimate of drug-likeness (QED) is 0.524. The van der Waals surface area contributed by atoms with Crippen LogP contribution in [0.1, 0.15) is 52.7 Å². The SMILES string of the molecule is CC(C)(C)c1ccc([I+](c2ccc([O-])cc2)c2ccc(C(C)(C)C)cc2)cc1. The standard InChI is InChI=1S/C26H31IO/c1-25(2,3)19-7-11-21(12-8-19)27(23-15-17-24(28)18-16-23)22-13-9-20(10-14-22)26(4,5)6/h7-18,28H,1-6H3/q+1/p-1. The highest BCUT2D eigenvalue weighted by Crippen LogP contribution is 2.22. The van der Waals surface area contributed by atoms with Gasteiger partial charge in [-0.1, -0.05) is 77.9 Å². The van der Waals surface area contributed by atoms with Crippen molar-refractivity contribution in [3.8, 4) is 5.75 Å². The van der Waals surface area contributed by atoms with Gasteiger partial charge >= 0.3 is 0 Å². The average Bonchev–Trinajstić information content (AvgIpc) is 2.63. The molecule has 0 aromatic heterocycles. The van der Waals surface area contributed by atoms with Crippen LogP contribution in [0.4, 0.5) is 0 Å². The third kappa shape index (κ3) is 4.78. The summed E-state index contributed by atoms with van der Waals surface area (Å²) in [5.74, 6) is 0.0748. The van der Waals surface area contributed by atoms with Gasteiger partial charge in [0.1, 0.15) is 0 Å². The molecule has 0 atom stereocenters. The molecule has 3 rings (SSSR count). The van der Waals surface area contributed by atoms with Gasteiger partial charge < -0.3 is 5.11 Å². The van der Waals surface area contributed by atoms with E-state index >= 15 is 0 Å². The highest BCUT2D eigenvalue weighted by molar-refractivity contribution is 5.25. The van der Waals surface area contributed by atoms with Gasteiger partial charge in [0, 0.05) is 0 Å². The molecule has 147 valence electrons. The molecular weight excluding hydrogens is 455 g/mol. The first-order valence-corrected chi connectivity index (χ1v) is 13.0. The largest absolute Gasteiger partial charge is 0.872 e. The van der Waals surface area contributed by atoms with Crippen LogP contribution in [0, 0.1) is 10.7 Å². The van der Waals surface area contributed by atoms with E-state index in [0.29, 0.717) is 0 Å². The molecule has 0 saturated carbocycles. The molecule has 1 radical (unpaired) electrons. The zero-order valence-electron chi connectivity index (χ0n) is 17.7. The van der Waals surface area contributed by atoms with Crippen LogP contribution in [0.25, 0.3) is 0 Å². The molecular formula is C26H30IO. The first-order chi connectivity index (χ1) is 13.1. The minimum absolute atomic E-state index is 0.0748. The van der Waals surface area contributed by atoms with Gasteiger partial charge in [-0.05, 0) is 58.4 Å². The van der Waals surface area contributed by atoms with Crippen molar-refractivity contribution >= 4 is 0 Å². The van der Waals surface area contributed by atoms with E-state index in [4.69, 9.17) is 0 Å². The van der Waals surface area contributed by atoms with Crippen molar-refractivity contribution in [3.63, 3.8) is 0 Å². The summed E-state index contributed by atoms with van der Waals surface area (Å²) in [5, 5.41) is 11.6.